The first kappa shape index (κ1) is 21.3. The highest BCUT2D eigenvalue weighted by Crippen LogP contribution is 2.19. The third-order valence-corrected chi connectivity index (χ3v) is 5.56. The smallest absolute Gasteiger partial charge is 0.253 e. The van der Waals surface area contributed by atoms with E-state index in [0.717, 1.165) is 26.2 Å². The lowest BCUT2D eigenvalue weighted by Gasteiger charge is -2.30. The minimum atomic E-state index is -0.0717. The third-order valence-electron chi connectivity index (χ3n) is 5.31. The summed E-state index contributed by atoms with van der Waals surface area (Å²) in [6.45, 7) is 6.17. The number of carbonyl (C=O) groups excluding carboxylic acids is 2. The van der Waals surface area contributed by atoms with Crippen molar-refractivity contribution in [2.75, 3.05) is 39.3 Å². The summed E-state index contributed by atoms with van der Waals surface area (Å²) >= 11 is 5.97. The molecule has 2 amide bonds. The van der Waals surface area contributed by atoms with Gasteiger partial charge in [-0.1, -0.05) is 48.9 Å². The lowest BCUT2D eigenvalue weighted by Crippen LogP contribution is -2.47. The first-order chi connectivity index (χ1) is 14.0. The second kappa shape index (κ2) is 10.4. The van der Waals surface area contributed by atoms with Gasteiger partial charge in [-0.25, -0.2) is 0 Å². The number of nitrogens with one attached hydrogen (secondary N) is 1. The Kier molecular flexibility index (Phi) is 7.67. The van der Waals surface area contributed by atoms with E-state index in [-0.39, 0.29) is 17.7 Å². The predicted octanol–water partition coefficient (Wildman–Crippen LogP) is 3.41. The maximum atomic E-state index is 13.2. The zero-order valence-electron chi connectivity index (χ0n) is 16.8. The molecule has 0 radical (unpaired) electrons. The minimum absolute atomic E-state index is 0.0717. The van der Waals surface area contributed by atoms with Gasteiger partial charge in [-0.2, -0.15) is 0 Å². The highest BCUT2D eigenvalue weighted by molar-refractivity contribution is 6.30. The average molecular weight is 414 g/mol. The highest BCUT2D eigenvalue weighted by Gasteiger charge is 2.22. The molecule has 1 fully saturated rings. The van der Waals surface area contributed by atoms with Gasteiger partial charge in [0.1, 0.15) is 0 Å². The van der Waals surface area contributed by atoms with Crippen molar-refractivity contribution < 1.29 is 9.59 Å². The molecule has 0 aliphatic carbocycles. The van der Waals surface area contributed by atoms with E-state index in [9.17, 15) is 9.59 Å². The van der Waals surface area contributed by atoms with Crippen molar-refractivity contribution in [3.05, 3.63) is 70.7 Å². The zero-order chi connectivity index (χ0) is 20.6. The number of halogens is 1. The van der Waals surface area contributed by atoms with E-state index in [4.69, 9.17) is 11.6 Å². The van der Waals surface area contributed by atoms with Crippen LogP contribution in [0.3, 0.4) is 0 Å². The first-order valence-electron chi connectivity index (χ1n) is 10.1. The topological polar surface area (TPSA) is 52.7 Å². The van der Waals surface area contributed by atoms with Crippen LogP contribution in [0.15, 0.2) is 54.6 Å². The SMILES string of the molecule is C[C@@H](CN(CCC(=O)N1CCNCC1)C(=O)c1ccc(Cl)cc1)c1ccccc1. The van der Waals surface area contributed by atoms with E-state index in [1.807, 2.05) is 23.1 Å². The molecule has 1 aliphatic heterocycles. The Labute approximate surface area is 177 Å². The Morgan fingerprint density at radius 1 is 1.07 bits per heavy atom. The highest BCUT2D eigenvalue weighted by atomic mass is 35.5. The van der Waals surface area contributed by atoms with Crippen LogP contribution in [-0.4, -0.2) is 60.9 Å². The van der Waals surface area contributed by atoms with Crippen molar-refractivity contribution in [1.29, 1.82) is 0 Å². The fourth-order valence-electron chi connectivity index (χ4n) is 3.57. The summed E-state index contributed by atoms with van der Waals surface area (Å²) in [5.74, 6) is 0.201. The number of hydrogen-bond donors (Lipinski definition) is 1. The largest absolute Gasteiger partial charge is 0.340 e. The molecule has 1 aliphatic rings. The maximum Gasteiger partial charge on any atom is 0.253 e. The first-order valence-corrected chi connectivity index (χ1v) is 10.5. The molecular formula is C23H28ClN3O2. The van der Waals surface area contributed by atoms with Crippen LogP contribution in [0, 0.1) is 0 Å². The number of benzene rings is 2. The monoisotopic (exact) mass is 413 g/mol. The van der Waals surface area contributed by atoms with Crippen LogP contribution in [0.5, 0.6) is 0 Å². The average Bonchev–Trinajstić information content (AvgIpc) is 2.77. The molecule has 29 heavy (non-hydrogen) atoms. The molecule has 5 nitrogen and oxygen atoms in total. The summed E-state index contributed by atoms with van der Waals surface area (Å²) in [5, 5.41) is 3.85. The molecule has 0 aromatic heterocycles. The van der Waals surface area contributed by atoms with E-state index in [1.54, 1.807) is 29.2 Å². The van der Waals surface area contributed by atoms with Gasteiger partial charge in [0, 0.05) is 56.3 Å². The quantitative estimate of drug-likeness (QED) is 0.756. The number of rotatable bonds is 7. The lowest BCUT2D eigenvalue weighted by molar-refractivity contribution is -0.131. The second-order valence-electron chi connectivity index (χ2n) is 7.45. The molecular weight excluding hydrogens is 386 g/mol. The molecule has 1 saturated heterocycles. The van der Waals surface area contributed by atoms with E-state index >= 15 is 0 Å². The Bertz CT molecular complexity index is 805. The Hall–Kier alpha value is -2.37. The Morgan fingerprint density at radius 2 is 1.72 bits per heavy atom. The Balaban J connectivity index is 1.70. The van der Waals surface area contributed by atoms with Gasteiger partial charge in [0.25, 0.3) is 5.91 Å². The van der Waals surface area contributed by atoms with Crippen LogP contribution in [-0.2, 0) is 4.79 Å². The standard InChI is InChI=1S/C23H28ClN3O2/c1-18(19-5-3-2-4-6-19)17-27(23(29)20-7-9-21(24)10-8-20)14-11-22(28)26-15-12-25-13-16-26/h2-10,18,25H,11-17H2,1H3/t18-/m0/s1. The summed E-state index contributed by atoms with van der Waals surface area (Å²) in [6.07, 6.45) is 0.334. The number of carbonyl (C=O) groups is 2. The van der Waals surface area contributed by atoms with Crippen molar-refractivity contribution in [3.8, 4) is 0 Å². The molecule has 0 saturated carbocycles. The number of nitrogens with zero attached hydrogens (tertiary/aromatic N) is 2. The van der Waals surface area contributed by atoms with Crippen molar-refractivity contribution in [3.63, 3.8) is 0 Å². The fraction of sp³-hybridized carbons (Fsp3) is 0.391. The summed E-state index contributed by atoms with van der Waals surface area (Å²) < 4.78 is 0. The van der Waals surface area contributed by atoms with Gasteiger partial charge in [0.15, 0.2) is 0 Å². The van der Waals surface area contributed by atoms with E-state index in [2.05, 4.69) is 24.4 Å². The van der Waals surface area contributed by atoms with Crippen LogP contribution >= 0.6 is 11.6 Å². The number of piperazine rings is 1. The maximum absolute atomic E-state index is 13.2. The van der Waals surface area contributed by atoms with Crippen molar-refractivity contribution in [2.24, 2.45) is 0 Å². The molecule has 0 bridgehead atoms. The van der Waals surface area contributed by atoms with E-state index in [1.165, 1.54) is 5.56 Å². The summed E-state index contributed by atoms with van der Waals surface area (Å²) in [7, 11) is 0. The molecule has 2 aromatic carbocycles. The fourth-order valence-corrected chi connectivity index (χ4v) is 3.70. The van der Waals surface area contributed by atoms with Crippen LogP contribution < -0.4 is 5.32 Å². The van der Waals surface area contributed by atoms with Gasteiger partial charge >= 0.3 is 0 Å². The van der Waals surface area contributed by atoms with Crippen LogP contribution in [0.25, 0.3) is 0 Å². The van der Waals surface area contributed by atoms with E-state index in [0.29, 0.717) is 30.1 Å². The predicted molar refractivity (Wildman–Crippen MR) is 116 cm³/mol. The van der Waals surface area contributed by atoms with Gasteiger partial charge < -0.3 is 15.1 Å². The van der Waals surface area contributed by atoms with Crippen LogP contribution in [0.4, 0.5) is 0 Å². The summed E-state index contributed by atoms with van der Waals surface area (Å²) in [4.78, 5) is 29.4. The second-order valence-corrected chi connectivity index (χ2v) is 7.89. The molecule has 0 spiro atoms. The van der Waals surface area contributed by atoms with Crippen molar-refractivity contribution >= 4 is 23.4 Å². The van der Waals surface area contributed by atoms with Gasteiger partial charge in [-0.3, -0.25) is 9.59 Å². The summed E-state index contributed by atoms with van der Waals surface area (Å²) in [6, 6.07) is 17.1. The van der Waals surface area contributed by atoms with Crippen molar-refractivity contribution in [1.82, 2.24) is 15.1 Å². The summed E-state index contributed by atoms with van der Waals surface area (Å²) in [5.41, 5.74) is 1.76. The molecule has 0 unspecified atom stereocenters. The Morgan fingerprint density at radius 3 is 2.38 bits per heavy atom. The molecule has 3 rings (SSSR count). The van der Waals surface area contributed by atoms with Gasteiger partial charge in [0.2, 0.25) is 5.91 Å². The molecule has 6 heteroatoms. The molecule has 154 valence electrons. The van der Waals surface area contributed by atoms with Crippen LogP contribution in [0.2, 0.25) is 5.02 Å². The third kappa shape index (κ3) is 6.05. The minimum Gasteiger partial charge on any atom is -0.340 e. The van der Waals surface area contributed by atoms with Crippen LogP contribution in [0.1, 0.15) is 35.2 Å². The number of hydrogen-bond acceptors (Lipinski definition) is 3. The van der Waals surface area contributed by atoms with Gasteiger partial charge in [0.05, 0.1) is 0 Å². The normalized spacial score (nSPS) is 15.0. The lowest BCUT2D eigenvalue weighted by atomic mass is 10.00. The van der Waals surface area contributed by atoms with Gasteiger partial charge in [-0.15, -0.1) is 0 Å². The van der Waals surface area contributed by atoms with Gasteiger partial charge in [-0.05, 0) is 35.7 Å². The zero-order valence-corrected chi connectivity index (χ0v) is 17.6. The molecule has 1 heterocycles. The molecule has 1 atom stereocenters. The molecule has 2 aromatic rings. The number of amides is 2. The van der Waals surface area contributed by atoms with E-state index < -0.39 is 0 Å². The van der Waals surface area contributed by atoms with Crippen molar-refractivity contribution in [2.45, 2.75) is 19.3 Å². The molecule has 1 N–H and O–H groups in total.